The molecule has 0 radical (unpaired) electrons. The number of aromatic nitrogens is 4. The summed E-state index contributed by atoms with van der Waals surface area (Å²) >= 11 is 15.4. The van der Waals surface area contributed by atoms with E-state index in [2.05, 4.69) is 31.4 Å². The summed E-state index contributed by atoms with van der Waals surface area (Å²) in [4.78, 5) is 22.4. The number of nitrogens with zero attached hydrogens (tertiary/aromatic N) is 5. The van der Waals surface area contributed by atoms with Crippen LogP contribution < -0.4 is 5.32 Å². The first-order valence-electron chi connectivity index (χ1n) is 7.88. The van der Waals surface area contributed by atoms with Crippen LogP contribution in [0.15, 0.2) is 34.9 Å². The van der Waals surface area contributed by atoms with Gasteiger partial charge in [0, 0.05) is 16.2 Å². The Morgan fingerprint density at radius 2 is 2.07 bits per heavy atom. The van der Waals surface area contributed by atoms with E-state index in [0.29, 0.717) is 32.6 Å². The molecule has 0 saturated heterocycles. The number of hydrogen-bond acceptors (Lipinski definition) is 5. The molecule has 0 unspecified atom stereocenters. The van der Waals surface area contributed by atoms with Gasteiger partial charge in [-0.25, -0.2) is 0 Å². The van der Waals surface area contributed by atoms with Gasteiger partial charge < -0.3 is 15.4 Å². The number of anilines is 1. The normalized spacial score (nSPS) is 10.9. The third-order valence-corrected chi connectivity index (χ3v) is 4.94. The van der Waals surface area contributed by atoms with Crippen LogP contribution in [-0.2, 0) is 17.9 Å². The molecule has 3 aromatic rings. The van der Waals surface area contributed by atoms with Crippen molar-refractivity contribution >= 4 is 56.7 Å². The lowest BCUT2D eigenvalue weighted by Crippen LogP contribution is -2.21. The fourth-order valence-corrected chi connectivity index (χ4v) is 3.32. The molecular formula is C16H13BrCl2N6O3. The van der Waals surface area contributed by atoms with E-state index in [9.17, 15) is 14.9 Å². The largest absolute Gasteiger partial charge is 0.390 e. The van der Waals surface area contributed by atoms with Crippen molar-refractivity contribution in [2.24, 2.45) is 0 Å². The number of carbonyl (C=O) groups excluding carboxylic acids is 1. The Morgan fingerprint density at radius 1 is 1.32 bits per heavy atom. The second-order valence-corrected chi connectivity index (χ2v) is 7.56. The van der Waals surface area contributed by atoms with Crippen molar-refractivity contribution in [3.05, 3.63) is 66.4 Å². The first-order valence-corrected chi connectivity index (χ1v) is 9.43. The molecule has 1 aromatic carbocycles. The Balaban J connectivity index is 1.69. The van der Waals surface area contributed by atoms with Crippen LogP contribution in [0.5, 0.6) is 0 Å². The number of carbonyl (C=O) groups is 1. The zero-order chi connectivity index (χ0) is 20.4. The summed E-state index contributed by atoms with van der Waals surface area (Å²) in [5.41, 5.74) is 1.32. The lowest BCUT2D eigenvalue weighted by Gasteiger charge is -2.05. The third-order valence-electron chi connectivity index (χ3n) is 3.77. The van der Waals surface area contributed by atoms with Gasteiger partial charge in [-0.2, -0.15) is 9.78 Å². The fraction of sp³-hybridized carbons (Fsp3) is 0.188. The van der Waals surface area contributed by atoms with Gasteiger partial charge in [-0.05, 0) is 45.5 Å². The van der Waals surface area contributed by atoms with Crippen LogP contribution in [0.4, 0.5) is 11.6 Å². The number of hydrogen-bond donors (Lipinski definition) is 1. The summed E-state index contributed by atoms with van der Waals surface area (Å²) in [5.74, 6) is -0.415. The molecule has 0 aliphatic carbocycles. The summed E-state index contributed by atoms with van der Waals surface area (Å²) in [7, 11) is 0. The van der Waals surface area contributed by atoms with Crippen molar-refractivity contribution < 1.29 is 9.72 Å². The van der Waals surface area contributed by atoms with E-state index in [1.807, 2.05) is 0 Å². The van der Waals surface area contributed by atoms with Crippen molar-refractivity contribution in [2.45, 2.75) is 20.0 Å². The van der Waals surface area contributed by atoms with Crippen LogP contribution in [0.3, 0.4) is 0 Å². The summed E-state index contributed by atoms with van der Waals surface area (Å²) in [6, 6.07) is 6.47. The molecule has 0 aliphatic heterocycles. The maximum absolute atomic E-state index is 12.3. The Labute approximate surface area is 177 Å². The standard InChI is InChI=1S/C16H13BrCl2N6O3/c1-9-4-14(25(27)28)21-24(9)8-15(26)20-16-12(17)7-23(22-16)6-10-2-3-11(18)5-13(10)19/h2-5,7H,6,8H2,1H3,(H,20,22,26). The molecule has 9 nitrogen and oxygen atoms in total. The molecule has 1 amide bonds. The quantitative estimate of drug-likeness (QED) is 0.416. The highest BCUT2D eigenvalue weighted by atomic mass is 79.9. The molecule has 0 spiro atoms. The van der Waals surface area contributed by atoms with Gasteiger partial charge in [0.15, 0.2) is 5.82 Å². The van der Waals surface area contributed by atoms with Gasteiger partial charge in [-0.1, -0.05) is 29.3 Å². The van der Waals surface area contributed by atoms with Crippen molar-refractivity contribution in [1.29, 1.82) is 0 Å². The maximum Gasteiger partial charge on any atom is 0.390 e. The molecule has 3 rings (SSSR count). The predicted octanol–water partition coefficient (Wildman–Crippen LogP) is 4.05. The zero-order valence-corrected chi connectivity index (χ0v) is 17.5. The van der Waals surface area contributed by atoms with E-state index < -0.39 is 10.8 Å². The first-order chi connectivity index (χ1) is 13.2. The van der Waals surface area contributed by atoms with Crippen LogP contribution in [0.25, 0.3) is 0 Å². The van der Waals surface area contributed by atoms with Crippen LogP contribution in [0.1, 0.15) is 11.3 Å². The van der Waals surface area contributed by atoms with E-state index in [1.165, 1.54) is 10.7 Å². The Morgan fingerprint density at radius 3 is 2.71 bits per heavy atom. The number of rotatable bonds is 6. The number of nitro groups is 1. The smallest absolute Gasteiger partial charge is 0.358 e. The van der Waals surface area contributed by atoms with E-state index in [0.717, 1.165) is 5.56 Å². The van der Waals surface area contributed by atoms with Crippen LogP contribution in [0, 0.1) is 17.0 Å². The minimum absolute atomic E-state index is 0.179. The van der Waals surface area contributed by atoms with Crippen molar-refractivity contribution in [3.8, 4) is 0 Å². The number of halogens is 3. The highest BCUT2D eigenvalue weighted by molar-refractivity contribution is 9.10. The van der Waals surface area contributed by atoms with Gasteiger partial charge in [0.2, 0.25) is 5.91 Å². The van der Waals surface area contributed by atoms with Gasteiger partial charge in [0.1, 0.15) is 6.54 Å². The SMILES string of the molecule is Cc1cc([N+](=O)[O-])nn1CC(=O)Nc1nn(Cc2ccc(Cl)cc2Cl)cc1Br. The number of aryl methyl sites for hydroxylation is 1. The molecule has 1 N–H and O–H groups in total. The average Bonchev–Trinajstić information content (AvgIpc) is 3.13. The molecule has 146 valence electrons. The second kappa shape index (κ2) is 8.29. The van der Waals surface area contributed by atoms with Gasteiger partial charge in [0.25, 0.3) is 0 Å². The number of benzene rings is 1. The highest BCUT2D eigenvalue weighted by Crippen LogP contribution is 2.24. The van der Waals surface area contributed by atoms with Gasteiger partial charge in [-0.15, -0.1) is 0 Å². The fourth-order valence-electron chi connectivity index (χ4n) is 2.44. The second-order valence-electron chi connectivity index (χ2n) is 5.87. The topological polar surface area (TPSA) is 108 Å². The zero-order valence-electron chi connectivity index (χ0n) is 14.4. The first kappa shape index (κ1) is 20.3. The Bertz CT molecular complexity index is 1060. The predicted molar refractivity (Wildman–Crippen MR) is 108 cm³/mol. The molecule has 2 aromatic heterocycles. The number of nitrogens with one attached hydrogen (secondary N) is 1. The lowest BCUT2D eigenvalue weighted by atomic mass is 10.2. The van der Waals surface area contributed by atoms with Crippen LogP contribution in [-0.4, -0.2) is 30.4 Å². The van der Waals surface area contributed by atoms with E-state index in [-0.39, 0.29) is 12.4 Å². The molecule has 0 atom stereocenters. The third kappa shape index (κ3) is 4.70. The molecular weight excluding hydrogens is 475 g/mol. The summed E-state index contributed by atoms with van der Waals surface area (Å²) < 4.78 is 3.44. The molecule has 0 saturated carbocycles. The Kier molecular flexibility index (Phi) is 6.01. The monoisotopic (exact) mass is 486 g/mol. The van der Waals surface area contributed by atoms with Crippen molar-refractivity contribution in [2.75, 3.05) is 5.32 Å². The average molecular weight is 488 g/mol. The Hall–Kier alpha value is -2.43. The van der Waals surface area contributed by atoms with Crippen molar-refractivity contribution in [1.82, 2.24) is 19.6 Å². The molecule has 0 aliphatic rings. The molecule has 2 heterocycles. The van der Waals surface area contributed by atoms with Gasteiger partial charge in [-0.3, -0.25) is 9.48 Å². The molecule has 12 heteroatoms. The number of amides is 1. The summed E-state index contributed by atoms with van der Waals surface area (Å²) in [5, 5.41) is 22.6. The summed E-state index contributed by atoms with van der Waals surface area (Å²) in [6.45, 7) is 1.84. The van der Waals surface area contributed by atoms with Crippen LogP contribution >= 0.6 is 39.1 Å². The lowest BCUT2D eigenvalue weighted by molar-refractivity contribution is -0.389. The summed E-state index contributed by atoms with van der Waals surface area (Å²) in [6.07, 6.45) is 1.70. The van der Waals surface area contributed by atoms with E-state index >= 15 is 0 Å². The molecule has 28 heavy (non-hydrogen) atoms. The van der Waals surface area contributed by atoms with Gasteiger partial charge in [0.05, 0.1) is 27.9 Å². The van der Waals surface area contributed by atoms with E-state index in [4.69, 9.17) is 23.2 Å². The van der Waals surface area contributed by atoms with Crippen LogP contribution in [0.2, 0.25) is 10.0 Å². The molecule has 0 bridgehead atoms. The molecule has 0 fully saturated rings. The minimum Gasteiger partial charge on any atom is -0.358 e. The van der Waals surface area contributed by atoms with Crippen molar-refractivity contribution in [3.63, 3.8) is 0 Å². The van der Waals surface area contributed by atoms with E-state index in [1.54, 1.807) is 36.0 Å². The maximum atomic E-state index is 12.3. The minimum atomic E-state index is -0.610. The highest BCUT2D eigenvalue weighted by Gasteiger charge is 2.19. The van der Waals surface area contributed by atoms with Gasteiger partial charge >= 0.3 is 5.82 Å².